The highest BCUT2D eigenvalue weighted by Gasteiger charge is 2.36. The molecule has 3 aromatic rings. The highest BCUT2D eigenvalue weighted by atomic mass is 32.2. The minimum Gasteiger partial charge on any atom is -0.447 e. The van der Waals surface area contributed by atoms with E-state index in [1.54, 1.807) is 54.6 Å². The predicted molar refractivity (Wildman–Crippen MR) is 156 cm³/mol. The van der Waals surface area contributed by atoms with Gasteiger partial charge < -0.3 is 15.0 Å². The molecule has 12 heteroatoms. The number of hydrogen-bond donors (Lipinski definition) is 1. The number of nitrogens with one attached hydrogen (secondary N) is 1. The standard InChI is InChI=1S/C29H30FN5O5S/c1-33(2)14-15-35(41(3,38)39)23-11-7-21(8-12-23)31-27(26-24-13-6-20(30)18-25(24)32-28(26)36)19-4-9-22(10-5-19)34-16-17-40-29(34)37/h4-13,18,26H,14-17H2,1-3H3,(H,32,36). The summed E-state index contributed by atoms with van der Waals surface area (Å²) in [4.78, 5) is 33.5. The Balaban J connectivity index is 1.54. The van der Waals surface area contributed by atoms with Crippen LogP contribution >= 0.6 is 0 Å². The fourth-order valence-electron chi connectivity index (χ4n) is 4.85. The molecule has 0 aliphatic carbocycles. The summed E-state index contributed by atoms with van der Waals surface area (Å²) in [6.45, 7) is 1.57. The Bertz CT molecular complexity index is 1610. The molecule has 2 aliphatic heterocycles. The van der Waals surface area contributed by atoms with Crippen LogP contribution in [0.4, 0.5) is 31.9 Å². The lowest BCUT2D eigenvalue weighted by Crippen LogP contribution is -2.35. The average molecular weight is 580 g/mol. The van der Waals surface area contributed by atoms with E-state index in [2.05, 4.69) is 5.32 Å². The maximum Gasteiger partial charge on any atom is 0.414 e. The lowest BCUT2D eigenvalue weighted by atomic mass is 9.90. The van der Waals surface area contributed by atoms with Crippen molar-refractivity contribution in [1.82, 2.24) is 4.90 Å². The fourth-order valence-corrected chi connectivity index (χ4v) is 5.77. The molecular weight excluding hydrogens is 549 g/mol. The van der Waals surface area contributed by atoms with E-state index in [-0.39, 0.29) is 12.5 Å². The zero-order valence-electron chi connectivity index (χ0n) is 22.9. The van der Waals surface area contributed by atoms with E-state index in [0.717, 1.165) is 6.26 Å². The highest BCUT2D eigenvalue weighted by Crippen LogP contribution is 2.37. The number of nitrogens with zero attached hydrogens (tertiary/aromatic N) is 4. The van der Waals surface area contributed by atoms with Crippen LogP contribution in [0.1, 0.15) is 17.0 Å². The van der Waals surface area contributed by atoms with Gasteiger partial charge in [0, 0.05) is 24.5 Å². The average Bonchev–Trinajstić information content (AvgIpc) is 3.49. The number of rotatable bonds is 9. The third kappa shape index (κ3) is 6.08. The van der Waals surface area contributed by atoms with Gasteiger partial charge in [0.15, 0.2) is 0 Å². The lowest BCUT2D eigenvalue weighted by molar-refractivity contribution is -0.115. The minimum absolute atomic E-state index is 0.284. The van der Waals surface area contributed by atoms with Crippen LogP contribution in [-0.4, -0.2) is 77.6 Å². The maximum absolute atomic E-state index is 13.9. The van der Waals surface area contributed by atoms with Crippen LogP contribution in [0.3, 0.4) is 0 Å². The van der Waals surface area contributed by atoms with Crippen LogP contribution in [0.5, 0.6) is 0 Å². The van der Waals surface area contributed by atoms with E-state index in [1.165, 1.54) is 21.3 Å². The Kier molecular flexibility index (Phi) is 7.78. The fraction of sp³-hybridized carbons (Fsp3) is 0.276. The molecule has 10 nitrogen and oxygen atoms in total. The van der Waals surface area contributed by atoms with Gasteiger partial charge in [-0.3, -0.25) is 19.0 Å². The van der Waals surface area contributed by atoms with Crippen LogP contribution in [0.15, 0.2) is 71.7 Å². The molecule has 0 bridgehead atoms. The van der Waals surface area contributed by atoms with Gasteiger partial charge in [-0.05, 0) is 73.8 Å². The maximum atomic E-state index is 13.9. The number of likely N-dealkylation sites (N-methyl/N-ethyl adjacent to an activating group) is 1. The molecule has 2 heterocycles. The highest BCUT2D eigenvalue weighted by molar-refractivity contribution is 7.92. The summed E-state index contributed by atoms with van der Waals surface area (Å²) in [7, 11) is 0.225. The van der Waals surface area contributed by atoms with Crippen molar-refractivity contribution in [3.63, 3.8) is 0 Å². The summed E-state index contributed by atoms with van der Waals surface area (Å²) >= 11 is 0. The molecule has 5 rings (SSSR count). The summed E-state index contributed by atoms with van der Waals surface area (Å²) < 4.78 is 45.2. The van der Waals surface area contributed by atoms with E-state index in [4.69, 9.17) is 9.73 Å². The molecule has 0 spiro atoms. The third-order valence-corrected chi connectivity index (χ3v) is 8.09. The van der Waals surface area contributed by atoms with Crippen molar-refractivity contribution in [2.75, 3.05) is 61.1 Å². The van der Waals surface area contributed by atoms with Gasteiger partial charge in [-0.1, -0.05) is 18.2 Å². The zero-order chi connectivity index (χ0) is 29.3. The number of aliphatic imine (C=N–C) groups is 1. The first-order valence-corrected chi connectivity index (χ1v) is 14.8. The zero-order valence-corrected chi connectivity index (χ0v) is 23.7. The van der Waals surface area contributed by atoms with Gasteiger partial charge in [0.05, 0.1) is 29.9 Å². The van der Waals surface area contributed by atoms with Crippen LogP contribution in [0.25, 0.3) is 0 Å². The Morgan fingerprint density at radius 2 is 1.76 bits per heavy atom. The molecule has 1 fully saturated rings. The molecule has 2 aliphatic rings. The molecule has 1 N–H and O–H groups in total. The normalized spacial score (nSPS) is 17.0. The summed E-state index contributed by atoms with van der Waals surface area (Å²) in [6.07, 6.45) is 0.740. The van der Waals surface area contributed by atoms with E-state index in [0.29, 0.717) is 59.3 Å². The smallest absolute Gasteiger partial charge is 0.414 e. The molecule has 1 saturated heterocycles. The number of halogens is 1. The molecule has 0 radical (unpaired) electrons. The molecule has 41 heavy (non-hydrogen) atoms. The molecule has 0 aromatic heterocycles. The Morgan fingerprint density at radius 1 is 1.05 bits per heavy atom. The third-order valence-electron chi connectivity index (χ3n) is 6.89. The molecule has 1 atom stereocenters. The summed E-state index contributed by atoms with van der Waals surface area (Å²) in [5.74, 6) is -1.63. The van der Waals surface area contributed by atoms with E-state index in [9.17, 15) is 22.4 Å². The number of ether oxygens (including phenoxy) is 1. The number of benzene rings is 3. The predicted octanol–water partition coefficient (Wildman–Crippen LogP) is 3.97. The van der Waals surface area contributed by atoms with Gasteiger partial charge in [0.1, 0.15) is 18.3 Å². The van der Waals surface area contributed by atoms with Crippen molar-refractivity contribution in [2.45, 2.75) is 5.92 Å². The van der Waals surface area contributed by atoms with Gasteiger partial charge in [0.25, 0.3) is 0 Å². The Morgan fingerprint density at radius 3 is 2.37 bits per heavy atom. The number of amides is 2. The monoisotopic (exact) mass is 579 g/mol. The number of hydrogen-bond acceptors (Lipinski definition) is 7. The van der Waals surface area contributed by atoms with Crippen molar-refractivity contribution >= 4 is 50.5 Å². The Hall–Kier alpha value is -4.29. The topological polar surface area (TPSA) is 112 Å². The minimum atomic E-state index is -3.51. The quantitative estimate of drug-likeness (QED) is 0.384. The van der Waals surface area contributed by atoms with Crippen molar-refractivity contribution < 1.29 is 27.1 Å². The van der Waals surface area contributed by atoms with Crippen LogP contribution in [0, 0.1) is 5.82 Å². The van der Waals surface area contributed by atoms with Crippen molar-refractivity contribution in [3.8, 4) is 0 Å². The second-order valence-electron chi connectivity index (χ2n) is 10.1. The number of carbonyl (C=O) groups is 2. The first-order valence-electron chi connectivity index (χ1n) is 13.0. The van der Waals surface area contributed by atoms with Crippen LogP contribution in [-0.2, 0) is 19.6 Å². The number of fused-ring (bicyclic) bond motifs is 1. The van der Waals surface area contributed by atoms with Gasteiger partial charge >= 0.3 is 6.09 Å². The summed E-state index contributed by atoms with van der Waals surface area (Å²) in [5.41, 5.74) is 3.67. The van der Waals surface area contributed by atoms with E-state index in [1.807, 2.05) is 19.0 Å². The first kappa shape index (κ1) is 28.2. The van der Waals surface area contributed by atoms with Crippen LogP contribution < -0.4 is 14.5 Å². The van der Waals surface area contributed by atoms with Gasteiger partial charge in [-0.25, -0.2) is 17.6 Å². The summed E-state index contributed by atoms with van der Waals surface area (Å²) in [6, 6.07) is 17.9. The number of sulfonamides is 1. The van der Waals surface area contributed by atoms with Gasteiger partial charge in [-0.2, -0.15) is 0 Å². The lowest BCUT2D eigenvalue weighted by Gasteiger charge is -2.24. The van der Waals surface area contributed by atoms with Gasteiger partial charge in [0.2, 0.25) is 15.9 Å². The van der Waals surface area contributed by atoms with Gasteiger partial charge in [-0.15, -0.1) is 0 Å². The molecule has 214 valence electrons. The number of cyclic esters (lactones) is 1. The molecule has 0 saturated carbocycles. The van der Waals surface area contributed by atoms with Crippen molar-refractivity contribution in [2.24, 2.45) is 4.99 Å². The van der Waals surface area contributed by atoms with Crippen LogP contribution in [0.2, 0.25) is 0 Å². The molecule has 2 amide bonds. The molecule has 3 aromatic carbocycles. The largest absolute Gasteiger partial charge is 0.447 e. The second-order valence-corrected chi connectivity index (χ2v) is 12.0. The molecular formula is C29H30FN5O5S. The molecule has 1 unspecified atom stereocenters. The number of anilines is 3. The second kappa shape index (κ2) is 11.3. The first-order chi connectivity index (χ1) is 19.5. The van der Waals surface area contributed by atoms with E-state index >= 15 is 0 Å². The van der Waals surface area contributed by atoms with Crippen molar-refractivity contribution in [1.29, 1.82) is 0 Å². The van der Waals surface area contributed by atoms with Crippen molar-refractivity contribution in [3.05, 3.63) is 83.7 Å². The SMILES string of the molecule is CN(C)CCN(c1ccc(N=C(c2ccc(N3CCOC3=O)cc2)C2C(=O)Nc3cc(F)ccc32)cc1)S(C)(=O)=O. The Labute approximate surface area is 238 Å². The summed E-state index contributed by atoms with van der Waals surface area (Å²) in [5, 5.41) is 2.74. The van der Waals surface area contributed by atoms with E-state index < -0.39 is 27.9 Å². The number of carbonyl (C=O) groups excluding carboxylic acids is 2.